The Hall–Kier alpha value is -4.40. The number of pyridine rings is 1. The van der Waals surface area contributed by atoms with Crippen LogP contribution in [0.25, 0.3) is 22.0 Å². The summed E-state index contributed by atoms with van der Waals surface area (Å²) in [5, 5.41) is 9.47. The van der Waals surface area contributed by atoms with Crippen LogP contribution < -0.4 is 15.0 Å². The van der Waals surface area contributed by atoms with Gasteiger partial charge in [-0.2, -0.15) is 5.10 Å². The van der Waals surface area contributed by atoms with Crippen molar-refractivity contribution in [1.82, 2.24) is 9.99 Å². The lowest BCUT2D eigenvalue weighted by atomic mass is 9.90. The highest BCUT2D eigenvalue weighted by Crippen LogP contribution is 2.42. The number of halogens is 1. The van der Waals surface area contributed by atoms with E-state index in [-0.39, 0.29) is 17.9 Å². The predicted molar refractivity (Wildman–Crippen MR) is 159 cm³/mol. The maximum absolute atomic E-state index is 13.8. The molecule has 6 rings (SSSR count). The van der Waals surface area contributed by atoms with Crippen molar-refractivity contribution < 1.29 is 14.3 Å². The summed E-state index contributed by atoms with van der Waals surface area (Å²) in [6.45, 7) is 0. The molecule has 1 amide bonds. The number of hydrogen-bond acceptors (Lipinski definition) is 6. The van der Waals surface area contributed by atoms with E-state index < -0.39 is 6.04 Å². The Labute approximate surface area is 239 Å². The number of nitrogens with one attached hydrogen (secondary N) is 1. The number of carbonyl (C=O) groups excluding carboxylic acids is 1. The van der Waals surface area contributed by atoms with E-state index >= 15 is 0 Å². The van der Waals surface area contributed by atoms with Crippen LogP contribution in [0, 0.1) is 0 Å². The maximum Gasteiger partial charge on any atom is 0.284 e. The van der Waals surface area contributed by atoms with E-state index in [4.69, 9.17) is 26.2 Å². The van der Waals surface area contributed by atoms with Gasteiger partial charge in [-0.25, -0.2) is 5.01 Å². The Kier molecular flexibility index (Phi) is 6.88. The second-order valence-electron chi connectivity index (χ2n) is 9.26. The number of amides is 1. The Morgan fingerprint density at radius 2 is 1.82 bits per heavy atom. The van der Waals surface area contributed by atoms with Crippen LogP contribution in [-0.4, -0.2) is 35.8 Å². The zero-order chi connectivity index (χ0) is 27.8. The van der Waals surface area contributed by atoms with Crippen LogP contribution in [-0.2, 0) is 0 Å². The number of hydrazone groups is 1. The lowest BCUT2D eigenvalue weighted by Crippen LogP contribution is -2.26. The quantitative estimate of drug-likeness (QED) is 0.241. The van der Waals surface area contributed by atoms with E-state index in [1.54, 1.807) is 44.6 Å². The summed E-state index contributed by atoms with van der Waals surface area (Å²) in [4.78, 5) is 31.1. The fourth-order valence-corrected chi connectivity index (χ4v) is 5.98. The van der Waals surface area contributed by atoms with Crippen LogP contribution in [0.2, 0.25) is 5.02 Å². The first kappa shape index (κ1) is 25.9. The highest BCUT2D eigenvalue weighted by Gasteiger charge is 2.38. The highest BCUT2D eigenvalue weighted by atomic mass is 35.5. The molecule has 9 heteroatoms. The first-order chi connectivity index (χ1) is 19.5. The number of thiophene rings is 1. The number of benzene rings is 3. The molecule has 1 atom stereocenters. The number of rotatable bonds is 6. The van der Waals surface area contributed by atoms with Gasteiger partial charge in [-0.3, -0.25) is 9.59 Å². The molecule has 0 radical (unpaired) electrons. The highest BCUT2D eigenvalue weighted by molar-refractivity contribution is 7.12. The van der Waals surface area contributed by atoms with Gasteiger partial charge in [0.1, 0.15) is 11.5 Å². The second kappa shape index (κ2) is 10.6. The number of methoxy groups -OCH3 is 2. The third-order valence-corrected chi connectivity index (χ3v) is 8.07. The van der Waals surface area contributed by atoms with Crippen molar-refractivity contribution in [1.29, 1.82) is 0 Å². The fraction of sp³-hybridized carbons (Fsp3) is 0.129. The number of H-pyrrole nitrogens is 1. The van der Waals surface area contributed by atoms with E-state index in [0.29, 0.717) is 43.8 Å². The first-order valence-corrected chi connectivity index (χ1v) is 13.8. The molecule has 2 aromatic heterocycles. The van der Waals surface area contributed by atoms with Crippen LogP contribution in [0.1, 0.15) is 33.3 Å². The van der Waals surface area contributed by atoms with Gasteiger partial charge in [0.2, 0.25) is 0 Å². The van der Waals surface area contributed by atoms with E-state index in [0.717, 1.165) is 16.5 Å². The van der Waals surface area contributed by atoms with Crippen molar-refractivity contribution in [3.8, 4) is 22.6 Å². The Bertz CT molecular complexity index is 1820. The molecule has 5 aromatic rings. The monoisotopic (exact) mass is 569 g/mol. The molecule has 0 aliphatic carbocycles. The Morgan fingerprint density at radius 3 is 2.55 bits per heavy atom. The molecule has 7 nitrogen and oxygen atoms in total. The SMILES string of the molecule is COc1ccc(OC)c(C2CC(c3c(-c4ccccc4)c4cc(Cl)ccc4[nH]c3=O)=NN2C(=O)c2cccs2)c1. The van der Waals surface area contributed by atoms with Crippen molar-refractivity contribution in [2.75, 3.05) is 14.2 Å². The molecule has 3 heterocycles. The third kappa shape index (κ3) is 4.55. The van der Waals surface area contributed by atoms with Crippen molar-refractivity contribution in [3.05, 3.63) is 116 Å². The first-order valence-electron chi connectivity index (χ1n) is 12.6. The molecule has 1 aliphatic rings. The maximum atomic E-state index is 13.8. The molecule has 1 N–H and O–H groups in total. The number of aromatic nitrogens is 1. The molecule has 0 spiro atoms. The second-order valence-corrected chi connectivity index (χ2v) is 10.6. The van der Waals surface area contributed by atoms with Crippen molar-refractivity contribution in [3.63, 3.8) is 0 Å². The summed E-state index contributed by atoms with van der Waals surface area (Å²) < 4.78 is 11.2. The van der Waals surface area contributed by atoms with Gasteiger partial charge in [0.25, 0.3) is 11.5 Å². The number of fused-ring (bicyclic) bond motifs is 1. The van der Waals surface area contributed by atoms with Crippen LogP contribution in [0.5, 0.6) is 11.5 Å². The molecule has 0 saturated heterocycles. The van der Waals surface area contributed by atoms with Gasteiger partial charge in [-0.15, -0.1) is 11.3 Å². The van der Waals surface area contributed by atoms with Gasteiger partial charge in [0, 0.05) is 33.5 Å². The topological polar surface area (TPSA) is 84.0 Å². The van der Waals surface area contributed by atoms with Gasteiger partial charge in [0.15, 0.2) is 0 Å². The summed E-state index contributed by atoms with van der Waals surface area (Å²) in [7, 11) is 3.17. The molecular formula is C31H24ClN3O4S. The van der Waals surface area contributed by atoms with Gasteiger partial charge in [0.05, 0.1) is 36.4 Å². The summed E-state index contributed by atoms with van der Waals surface area (Å²) in [6.07, 6.45) is 0.287. The Balaban J connectivity index is 1.59. The summed E-state index contributed by atoms with van der Waals surface area (Å²) >= 11 is 7.75. The number of carbonyl (C=O) groups is 1. The summed E-state index contributed by atoms with van der Waals surface area (Å²) in [6, 6.07) is 23.5. The molecule has 40 heavy (non-hydrogen) atoms. The molecule has 1 unspecified atom stereocenters. The standard InChI is InChI=1S/C31H24ClN3O4S/c1-38-20-11-13-26(39-2)22(16-20)25-17-24(34-35(25)31(37)27-9-6-14-40-27)29-28(18-7-4-3-5-8-18)21-15-19(32)10-12-23(21)33-30(29)36/h3-16,25H,17H2,1-2H3,(H,33,36). The predicted octanol–water partition coefficient (Wildman–Crippen LogP) is 6.92. The lowest BCUT2D eigenvalue weighted by Gasteiger charge is -2.23. The average molecular weight is 570 g/mol. The zero-order valence-electron chi connectivity index (χ0n) is 21.7. The van der Waals surface area contributed by atoms with Crippen molar-refractivity contribution >= 4 is 45.5 Å². The van der Waals surface area contributed by atoms with E-state index in [9.17, 15) is 9.59 Å². The minimum absolute atomic E-state index is 0.263. The Morgan fingerprint density at radius 1 is 1.00 bits per heavy atom. The van der Waals surface area contributed by atoms with Crippen LogP contribution in [0.15, 0.2) is 94.1 Å². The summed E-state index contributed by atoms with van der Waals surface area (Å²) in [5.74, 6) is 0.950. The minimum atomic E-state index is -0.535. The van der Waals surface area contributed by atoms with E-state index in [1.165, 1.54) is 16.3 Å². The molecule has 0 saturated carbocycles. The normalized spacial score (nSPS) is 14.8. The van der Waals surface area contributed by atoms with Crippen LogP contribution in [0.4, 0.5) is 0 Å². The van der Waals surface area contributed by atoms with E-state index in [1.807, 2.05) is 53.9 Å². The number of aromatic amines is 1. The van der Waals surface area contributed by atoms with Crippen LogP contribution >= 0.6 is 22.9 Å². The van der Waals surface area contributed by atoms with Crippen molar-refractivity contribution in [2.24, 2.45) is 5.10 Å². The molecule has 0 bridgehead atoms. The largest absolute Gasteiger partial charge is 0.497 e. The molecule has 0 fully saturated rings. The van der Waals surface area contributed by atoms with Gasteiger partial charge >= 0.3 is 0 Å². The van der Waals surface area contributed by atoms with E-state index in [2.05, 4.69) is 4.98 Å². The molecule has 3 aromatic carbocycles. The number of hydrogen-bond donors (Lipinski definition) is 1. The lowest BCUT2D eigenvalue weighted by molar-refractivity contribution is 0.0714. The third-order valence-electron chi connectivity index (χ3n) is 6.97. The van der Waals surface area contributed by atoms with Crippen molar-refractivity contribution in [2.45, 2.75) is 12.5 Å². The smallest absolute Gasteiger partial charge is 0.284 e. The van der Waals surface area contributed by atoms with Gasteiger partial charge in [-0.05, 0) is 53.4 Å². The van der Waals surface area contributed by atoms with Crippen LogP contribution in [0.3, 0.4) is 0 Å². The molecular weight excluding hydrogens is 546 g/mol. The fourth-order valence-electron chi connectivity index (χ4n) is 5.15. The molecule has 200 valence electrons. The average Bonchev–Trinajstić information content (AvgIpc) is 3.67. The summed E-state index contributed by atoms with van der Waals surface area (Å²) in [5.41, 5.74) is 3.53. The van der Waals surface area contributed by atoms with Gasteiger partial charge in [-0.1, -0.05) is 48.0 Å². The minimum Gasteiger partial charge on any atom is -0.497 e. The number of nitrogens with zero attached hydrogens (tertiary/aromatic N) is 2. The zero-order valence-corrected chi connectivity index (χ0v) is 23.3. The van der Waals surface area contributed by atoms with Gasteiger partial charge < -0.3 is 14.5 Å². The number of ether oxygens (including phenoxy) is 2. The molecule has 1 aliphatic heterocycles.